The molecule has 2 heterocycles. The first-order valence-corrected chi connectivity index (χ1v) is 6.13. The lowest BCUT2D eigenvalue weighted by atomic mass is 10.4. The molecule has 2 aromatic rings. The molecular weight excluding hydrogens is 296 g/mol. The first-order valence-electron chi connectivity index (χ1n) is 4.46. The summed E-state index contributed by atoms with van der Waals surface area (Å²) in [6, 6.07) is 1.85. The third-order valence-corrected chi connectivity index (χ3v) is 3.35. The average Bonchev–Trinajstić information content (AvgIpc) is 2.85. The lowest BCUT2D eigenvalue weighted by Crippen LogP contribution is -2.04. The molecule has 2 aromatic heterocycles. The number of ether oxygens (including phenoxy) is 1. The fourth-order valence-electron chi connectivity index (χ4n) is 1.03. The zero-order valence-corrected chi connectivity index (χ0v) is 10.7. The molecule has 0 aliphatic rings. The molecule has 0 aliphatic carbocycles. The molecule has 0 unspecified atom stereocenters. The first-order chi connectivity index (χ1) is 7.70. The van der Waals surface area contributed by atoms with Crippen LogP contribution in [0.4, 0.5) is 0 Å². The van der Waals surface area contributed by atoms with Gasteiger partial charge < -0.3 is 9.26 Å². The van der Waals surface area contributed by atoms with Gasteiger partial charge in [0.2, 0.25) is 5.82 Å². The van der Waals surface area contributed by atoms with Crippen LogP contribution in [-0.2, 0) is 4.74 Å². The van der Waals surface area contributed by atoms with Crippen molar-refractivity contribution in [1.82, 2.24) is 10.1 Å². The summed E-state index contributed by atoms with van der Waals surface area (Å²) in [4.78, 5) is 16.0. The van der Waals surface area contributed by atoms with Gasteiger partial charge in [0.25, 0.3) is 0 Å². The number of thiophene rings is 1. The van der Waals surface area contributed by atoms with Crippen molar-refractivity contribution in [2.75, 3.05) is 6.61 Å². The number of hydrogen-bond donors (Lipinski definition) is 0. The number of carbonyl (C=O) groups is 1. The first kappa shape index (κ1) is 11.3. The second kappa shape index (κ2) is 4.75. The van der Waals surface area contributed by atoms with E-state index in [-0.39, 0.29) is 12.5 Å². The highest BCUT2D eigenvalue weighted by molar-refractivity contribution is 9.10. The second-order valence-electron chi connectivity index (χ2n) is 2.77. The highest BCUT2D eigenvalue weighted by Gasteiger charge is 2.17. The van der Waals surface area contributed by atoms with Crippen LogP contribution in [0.15, 0.2) is 20.4 Å². The molecule has 16 heavy (non-hydrogen) atoms. The van der Waals surface area contributed by atoms with E-state index in [0.29, 0.717) is 5.82 Å². The Labute approximate surface area is 104 Å². The minimum atomic E-state index is -0.600. The number of hydrogen-bond acceptors (Lipinski definition) is 6. The largest absolute Gasteiger partial charge is 0.459 e. The molecule has 7 heteroatoms. The van der Waals surface area contributed by atoms with E-state index in [2.05, 4.69) is 26.1 Å². The quantitative estimate of drug-likeness (QED) is 0.816. The minimum Gasteiger partial charge on any atom is -0.459 e. The van der Waals surface area contributed by atoms with E-state index in [9.17, 15) is 4.79 Å². The zero-order valence-electron chi connectivity index (χ0n) is 8.27. The molecule has 0 atom stereocenters. The van der Waals surface area contributed by atoms with Gasteiger partial charge in [-0.05, 0) is 28.9 Å². The molecule has 0 amide bonds. The van der Waals surface area contributed by atoms with Gasteiger partial charge in [-0.3, -0.25) is 0 Å². The van der Waals surface area contributed by atoms with Crippen LogP contribution in [-0.4, -0.2) is 22.7 Å². The number of aromatic nitrogens is 2. The van der Waals surface area contributed by atoms with Gasteiger partial charge in [0.15, 0.2) is 0 Å². The van der Waals surface area contributed by atoms with E-state index in [0.717, 1.165) is 9.35 Å². The number of rotatable bonds is 3. The van der Waals surface area contributed by atoms with Gasteiger partial charge in [0.1, 0.15) is 0 Å². The Bertz CT molecular complexity index is 508. The Balaban J connectivity index is 2.22. The summed E-state index contributed by atoms with van der Waals surface area (Å²) in [6.07, 6.45) is 0. The Morgan fingerprint density at radius 1 is 1.69 bits per heavy atom. The SMILES string of the molecule is CCOC(=O)c1nc(-c2cc(Br)cs2)no1. The third-order valence-electron chi connectivity index (χ3n) is 1.66. The van der Waals surface area contributed by atoms with E-state index in [1.165, 1.54) is 11.3 Å². The Hall–Kier alpha value is -1.21. The molecule has 0 bridgehead atoms. The summed E-state index contributed by atoms with van der Waals surface area (Å²) >= 11 is 4.78. The van der Waals surface area contributed by atoms with Crippen molar-refractivity contribution in [3.05, 3.63) is 21.8 Å². The summed E-state index contributed by atoms with van der Waals surface area (Å²) < 4.78 is 10.5. The number of esters is 1. The summed E-state index contributed by atoms with van der Waals surface area (Å²) in [5.41, 5.74) is 0. The molecule has 0 saturated heterocycles. The summed E-state index contributed by atoms with van der Waals surface area (Å²) in [6.45, 7) is 1.99. The highest BCUT2D eigenvalue weighted by Crippen LogP contribution is 2.27. The standard InChI is InChI=1S/C9H7BrN2O3S/c1-2-14-9(13)8-11-7(12-15-8)6-3-5(10)4-16-6/h3-4H,2H2,1H3. The predicted octanol–water partition coefficient (Wildman–Crippen LogP) is 2.74. The molecule has 84 valence electrons. The Morgan fingerprint density at radius 3 is 3.12 bits per heavy atom. The predicted molar refractivity (Wildman–Crippen MR) is 61.3 cm³/mol. The molecule has 0 spiro atoms. The van der Waals surface area contributed by atoms with Crippen molar-refractivity contribution in [2.45, 2.75) is 6.92 Å². The molecule has 0 radical (unpaired) electrons. The van der Waals surface area contributed by atoms with Crippen molar-refractivity contribution in [3.8, 4) is 10.7 Å². The van der Waals surface area contributed by atoms with Crippen LogP contribution < -0.4 is 0 Å². The normalized spacial score (nSPS) is 10.4. The fourth-order valence-corrected chi connectivity index (χ4v) is 2.38. The number of carbonyl (C=O) groups excluding carboxylic acids is 1. The van der Waals surface area contributed by atoms with Gasteiger partial charge >= 0.3 is 11.9 Å². The van der Waals surface area contributed by atoms with Crippen LogP contribution in [0.1, 0.15) is 17.6 Å². The van der Waals surface area contributed by atoms with Crippen molar-refractivity contribution < 1.29 is 14.1 Å². The topological polar surface area (TPSA) is 65.2 Å². The summed E-state index contributed by atoms with van der Waals surface area (Å²) in [7, 11) is 0. The van der Waals surface area contributed by atoms with Crippen LogP contribution in [0.25, 0.3) is 10.7 Å². The van der Waals surface area contributed by atoms with Gasteiger partial charge in [-0.25, -0.2) is 4.79 Å². The molecule has 0 saturated carbocycles. The van der Waals surface area contributed by atoms with Crippen LogP contribution in [0, 0.1) is 0 Å². The maximum Gasteiger partial charge on any atom is 0.397 e. The van der Waals surface area contributed by atoms with Gasteiger partial charge in [-0.15, -0.1) is 11.3 Å². The molecule has 0 N–H and O–H groups in total. The molecule has 0 aromatic carbocycles. The van der Waals surface area contributed by atoms with Gasteiger partial charge in [-0.2, -0.15) is 4.98 Å². The van der Waals surface area contributed by atoms with E-state index in [4.69, 9.17) is 9.26 Å². The van der Waals surface area contributed by atoms with Crippen molar-refractivity contribution >= 4 is 33.2 Å². The lowest BCUT2D eigenvalue weighted by Gasteiger charge is -1.93. The molecule has 5 nitrogen and oxygen atoms in total. The van der Waals surface area contributed by atoms with Crippen molar-refractivity contribution in [2.24, 2.45) is 0 Å². The van der Waals surface area contributed by atoms with Crippen LogP contribution in [0.3, 0.4) is 0 Å². The maximum absolute atomic E-state index is 11.3. The number of halogens is 1. The van der Waals surface area contributed by atoms with Crippen LogP contribution >= 0.6 is 27.3 Å². The smallest absolute Gasteiger partial charge is 0.397 e. The third kappa shape index (κ3) is 2.30. The Morgan fingerprint density at radius 2 is 2.50 bits per heavy atom. The van der Waals surface area contributed by atoms with Crippen molar-refractivity contribution in [1.29, 1.82) is 0 Å². The number of nitrogens with zero attached hydrogens (tertiary/aromatic N) is 2. The van der Waals surface area contributed by atoms with E-state index in [1.54, 1.807) is 6.92 Å². The molecule has 2 rings (SSSR count). The lowest BCUT2D eigenvalue weighted by molar-refractivity contribution is 0.0470. The van der Waals surface area contributed by atoms with Gasteiger partial charge in [-0.1, -0.05) is 5.16 Å². The summed E-state index contributed by atoms with van der Waals surface area (Å²) in [5, 5.41) is 5.60. The molecule has 0 fully saturated rings. The fraction of sp³-hybridized carbons (Fsp3) is 0.222. The monoisotopic (exact) mass is 302 g/mol. The van der Waals surface area contributed by atoms with Gasteiger partial charge in [0.05, 0.1) is 11.5 Å². The molecule has 0 aliphatic heterocycles. The highest BCUT2D eigenvalue weighted by atomic mass is 79.9. The molecular formula is C9H7BrN2O3S. The average molecular weight is 303 g/mol. The zero-order chi connectivity index (χ0) is 11.5. The summed E-state index contributed by atoms with van der Waals surface area (Å²) in [5.74, 6) is -0.336. The van der Waals surface area contributed by atoms with Gasteiger partial charge in [0, 0.05) is 9.85 Å². The second-order valence-corrected chi connectivity index (χ2v) is 4.60. The van der Waals surface area contributed by atoms with E-state index >= 15 is 0 Å². The van der Waals surface area contributed by atoms with Crippen LogP contribution in [0.2, 0.25) is 0 Å². The maximum atomic E-state index is 11.3. The minimum absolute atomic E-state index is 0.124. The van der Waals surface area contributed by atoms with E-state index in [1.807, 2.05) is 11.4 Å². The van der Waals surface area contributed by atoms with E-state index < -0.39 is 5.97 Å². The van der Waals surface area contributed by atoms with Crippen LogP contribution in [0.5, 0.6) is 0 Å². The Kier molecular flexibility index (Phi) is 3.35. The van der Waals surface area contributed by atoms with Crippen molar-refractivity contribution in [3.63, 3.8) is 0 Å².